The van der Waals surface area contributed by atoms with Crippen molar-refractivity contribution >= 4 is 5.91 Å². The summed E-state index contributed by atoms with van der Waals surface area (Å²) in [4.78, 5) is 13.9. The molecule has 0 aromatic carbocycles. The summed E-state index contributed by atoms with van der Waals surface area (Å²) in [6.45, 7) is 4.23. The molecule has 2 fully saturated rings. The Labute approximate surface area is 103 Å². The highest BCUT2D eigenvalue weighted by Crippen LogP contribution is 2.33. The van der Waals surface area contributed by atoms with Crippen molar-refractivity contribution in [2.75, 3.05) is 19.7 Å². The Hall–Kier alpha value is -0.610. The van der Waals surface area contributed by atoms with E-state index in [9.17, 15) is 9.90 Å². The summed E-state index contributed by atoms with van der Waals surface area (Å²) in [5, 5.41) is 9.39. The minimum atomic E-state index is -0.204. The maximum atomic E-state index is 12.0. The highest BCUT2D eigenvalue weighted by Gasteiger charge is 2.32. The van der Waals surface area contributed by atoms with Gasteiger partial charge in [0.15, 0.2) is 0 Å². The quantitative estimate of drug-likeness (QED) is 0.804. The van der Waals surface area contributed by atoms with Gasteiger partial charge >= 0.3 is 0 Å². The second-order valence-corrected chi connectivity index (χ2v) is 5.23. The SMILES string of the molecule is CCOC1CC(CC(=O)N2CCC(O)CC2)C1. The van der Waals surface area contributed by atoms with Crippen molar-refractivity contribution in [1.82, 2.24) is 4.90 Å². The van der Waals surface area contributed by atoms with Gasteiger partial charge in [0.2, 0.25) is 5.91 Å². The van der Waals surface area contributed by atoms with Crippen molar-refractivity contribution in [3.05, 3.63) is 0 Å². The molecule has 4 heteroatoms. The van der Waals surface area contributed by atoms with Crippen molar-refractivity contribution < 1.29 is 14.6 Å². The number of rotatable bonds is 4. The number of piperidine rings is 1. The van der Waals surface area contributed by atoms with Crippen LogP contribution in [0.4, 0.5) is 0 Å². The number of carbonyl (C=O) groups excluding carboxylic acids is 1. The molecule has 0 aromatic heterocycles. The molecular formula is C13H23NO3. The smallest absolute Gasteiger partial charge is 0.222 e. The molecular weight excluding hydrogens is 218 g/mol. The first-order chi connectivity index (χ1) is 8.19. The van der Waals surface area contributed by atoms with Crippen LogP contribution in [0.15, 0.2) is 0 Å². The molecule has 2 rings (SSSR count). The average Bonchev–Trinajstić information content (AvgIpc) is 2.27. The summed E-state index contributed by atoms with van der Waals surface area (Å²) in [7, 11) is 0. The van der Waals surface area contributed by atoms with Gasteiger partial charge in [0, 0.05) is 26.1 Å². The van der Waals surface area contributed by atoms with E-state index in [1.807, 2.05) is 11.8 Å². The third-order valence-electron chi connectivity index (χ3n) is 3.88. The fraction of sp³-hybridized carbons (Fsp3) is 0.923. The number of likely N-dealkylation sites (tertiary alicyclic amines) is 1. The van der Waals surface area contributed by atoms with E-state index in [4.69, 9.17) is 4.74 Å². The molecule has 1 saturated heterocycles. The molecule has 1 amide bonds. The lowest BCUT2D eigenvalue weighted by Gasteiger charge is -2.37. The largest absolute Gasteiger partial charge is 0.393 e. The highest BCUT2D eigenvalue weighted by atomic mass is 16.5. The zero-order valence-electron chi connectivity index (χ0n) is 10.6. The maximum Gasteiger partial charge on any atom is 0.222 e. The first-order valence-electron chi connectivity index (χ1n) is 6.76. The van der Waals surface area contributed by atoms with Gasteiger partial charge in [0.1, 0.15) is 0 Å². The number of aliphatic hydroxyl groups is 1. The van der Waals surface area contributed by atoms with E-state index in [1.165, 1.54) is 0 Å². The zero-order chi connectivity index (χ0) is 12.3. The normalized spacial score (nSPS) is 30.1. The molecule has 1 heterocycles. The number of carbonyl (C=O) groups is 1. The fourth-order valence-corrected chi connectivity index (χ4v) is 2.70. The first kappa shape index (κ1) is 12.8. The lowest BCUT2D eigenvalue weighted by atomic mass is 9.79. The second-order valence-electron chi connectivity index (χ2n) is 5.23. The molecule has 17 heavy (non-hydrogen) atoms. The van der Waals surface area contributed by atoms with Crippen molar-refractivity contribution in [3.63, 3.8) is 0 Å². The van der Waals surface area contributed by atoms with E-state index in [-0.39, 0.29) is 12.0 Å². The molecule has 0 bridgehead atoms. The number of hydrogen-bond acceptors (Lipinski definition) is 3. The van der Waals surface area contributed by atoms with Crippen molar-refractivity contribution in [2.24, 2.45) is 5.92 Å². The molecule has 0 unspecified atom stereocenters. The van der Waals surface area contributed by atoms with Crippen molar-refractivity contribution in [2.45, 2.75) is 51.2 Å². The average molecular weight is 241 g/mol. The lowest BCUT2D eigenvalue weighted by Crippen LogP contribution is -2.42. The van der Waals surface area contributed by atoms with Gasteiger partial charge in [-0.15, -0.1) is 0 Å². The fourth-order valence-electron chi connectivity index (χ4n) is 2.70. The van der Waals surface area contributed by atoms with E-state index >= 15 is 0 Å². The third-order valence-corrected chi connectivity index (χ3v) is 3.88. The van der Waals surface area contributed by atoms with E-state index in [1.54, 1.807) is 0 Å². The zero-order valence-corrected chi connectivity index (χ0v) is 10.6. The number of ether oxygens (including phenoxy) is 1. The van der Waals surface area contributed by atoms with Crippen LogP contribution in [0.1, 0.15) is 39.0 Å². The van der Waals surface area contributed by atoms with Gasteiger partial charge in [-0.1, -0.05) is 0 Å². The summed E-state index contributed by atoms with van der Waals surface area (Å²) in [6.07, 6.45) is 4.40. The molecule has 1 saturated carbocycles. The predicted molar refractivity (Wildman–Crippen MR) is 64.6 cm³/mol. The Morgan fingerprint density at radius 2 is 2.00 bits per heavy atom. The highest BCUT2D eigenvalue weighted by molar-refractivity contribution is 5.76. The van der Waals surface area contributed by atoms with Crippen molar-refractivity contribution in [3.8, 4) is 0 Å². The Balaban J connectivity index is 1.65. The Kier molecular flexibility index (Phi) is 4.40. The first-order valence-corrected chi connectivity index (χ1v) is 6.76. The van der Waals surface area contributed by atoms with Gasteiger partial charge in [0.05, 0.1) is 12.2 Å². The van der Waals surface area contributed by atoms with Crippen LogP contribution < -0.4 is 0 Å². The van der Waals surface area contributed by atoms with Crippen LogP contribution in [0.3, 0.4) is 0 Å². The van der Waals surface area contributed by atoms with E-state index < -0.39 is 0 Å². The molecule has 98 valence electrons. The Morgan fingerprint density at radius 3 is 2.59 bits per heavy atom. The number of hydrogen-bond donors (Lipinski definition) is 1. The Bertz CT molecular complexity index is 255. The molecule has 2 aliphatic rings. The summed E-state index contributed by atoms with van der Waals surface area (Å²) in [6, 6.07) is 0. The molecule has 1 aliphatic carbocycles. The summed E-state index contributed by atoms with van der Waals surface area (Å²) in [5.41, 5.74) is 0. The molecule has 1 N–H and O–H groups in total. The van der Waals surface area contributed by atoms with Gasteiger partial charge in [-0.05, 0) is 38.5 Å². The van der Waals surface area contributed by atoms with Gasteiger partial charge in [-0.3, -0.25) is 4.79 Å². The van der Waals surface area contributed by atoms with Crippen LogP contribution in [0, 0.1) is 5.92 Å². The topological polar surface area (TPSA) is 49.8 Å². The summed E-state index contributed by atoms with van der Waals surface area (Å²) < 4.78 is 5.49. The molecule has 1 aliphatic heterocycles. The second kappa shape index (κ2) is 5.83. The Morgan fingerprint density at radius 1 is 1.35 bits per heavy atom. The summed E-state index contributed by atoms with van der Waals surface area (Å²) >= 11 is 0. The van der Waals surface area contributed by atoms with Crippen LogP contribution in [-0.2, 0) is 9.53 Å². The van der Waals surface area contributed by atoms with Gasteiger partial charge < -0.3 is 14.7 Å². The standard InChI is InChI=1S/C13H23NO3/c1-2-17-12-7-10(8-12)9-13(16)14-5-3-11(15)4-6-14/h10-12,15H,2-9H2,1H3. The number of nitrogens with zero attached hydrogens (tertiary/aromatic N) is 1. The van der Waals surface area contributed by atoms with Gasteiger partial charge in [-0.2, -0.15) is 0 Å². The number of amides is 1. The van der Waals surface area contributed by atoms with Gasteiger partial charge in [-0.25, -0.2) is 0 Å². The van der Waals surface area contributed by atoms with Gasteiger partial charge in [0.25, 0.3) is 0 Å². The van der Waals surface area contributed by atoms with Crippen LogP contribution in [0.25, 0.3) is 0 Å². The molecule has 4 nitrogen and oxygen atoms in total. The van der Waals surface area contributed by atoms with Crippen LogP contribution in [0.5, 0.6) is 0 Å². The maximum absolute atomic E-state index is 12.0. The predicted octanol–water partition coefficient (Wildman–Crippen LogP) is 1.17. The molecule has 0 aromatic rings. The molecule has 0 spiro atoms. The lowest BCUT2D eigenvalue weighted by molar-refractivity contribution is -0.136. The van der Waals surface area contributed by atoms with Crippen LogP contribution >= 0.6 is 0 Å². The summed E-state index contributed by atoms with van der Waals surface area (Å²) in [5.74, 6) is 0.780. The van der Waals surface area contributed by atoms with Crippen LogP contribution in [0.2, 0.25) is 0 Å². The third kappa shape index (κ3) is 3.42. The minimum absolute atomic E-state index is 0.204. The number of aliphatic hydroxyl groups excluding tert-OH is 1. The molecule has 0 atom stereocenters. The van der Waals surface area contributed by atoms with E-state index in [2.05, 4.69) is 0 Å². The monoisotopic (exact) mass is 241 g/mol. The minimum Gasteiger partial charge on any atom is -0.393 e. The van der Waals surface area contributed by atoms with Crippen LogP contribution in [-0.4, -0.2) is 47.8 Å². The molecule has 0 radical (unpaired) electrons. The van der Waals surface area contributed by atoms with Crippen molar-refractivity contribution in [1.29, 1.82) is 0 Å². The van der Waals surface area contributed by atoms with E-state index in [0.29, 0.717) is 18.4 Å². The van der Waals surface area contributed by atoms with E-state index in [0.717, 1.165) is 45.4 Å².